The molecule has 0 bridgehead atoms. The fourth-order valence-electron chi connectivity index (χ4n) is 1.43. The second kappa shape index (κ2) is 5.57. The molecule has 0 radical (unpaired) electrons. The summed E-state index contributed by atoms with van der Waals surface area (Å²) in [6, 6.07) is 1.96. The average Bonchev–Trinajstić information content (AvgIpc) is 2.39. The van der Waals surface area contributed by atoms with Gasteiger partial charge in [0.15, 0.2) is 0 Å². The van der Waals surface area contributed by atoms with E-state index < -0.39 is 35.3 Å². The molecule has 23 heavy (non-hydrogen) atoms. The minimum absolute atomic E-state index is 0.235. The van der Waals surface area contributed by atoms with Crippen molar-refractivity contribution in [2.45, 2.75) is 30.9 Å². The number of ketones is 1. The van der Waals surface area contributed by atoms with Gasteiger partial charge >= 0.3 is 23.9 Å². The van der Waals surface area contributed by atoms with Gasteiger partial charge in [-0.1, -0.05) is 23.7 Å². The molecule has 1 nitrogen and oxygen atoms in total. The quantitative estimate of drug-likeness (QED) is 0.518. The van der Waals surface area contributed by atoms with Crippen LogP contribution >= 0.6 is 11.6 Å². The molecule has 0 amide bonds. The molecule has 0 saturated carbocycles. The fraction of sp³-hybridized carbons (Fsp3) is 0.417. The van der Waals surface area contributed by atoms with E-state index in [1.165, 1.54) is 6.92 Å². The van der Waals surface area contributed by atoms with Crippen molar-refractivity contribution in [2.75, 3.05) is 0 Å². The molecule has 130 valence electrons. The van der Waals surface area contributed by atoms with E-state index in [0.29, 0.717) is 12.1 Å². The molecule has 11 heteroatoms. The van der Waals surface area contributed by atoms with Crippen LogP contribution < -0.4 is 0 Å². The van der Waals surface area contributed by atoms with Crippen molar-refractivity contribution in [3.63, 3.8) is 0 Å². The first-order valence-corrected chi connectivity index (χ1v) is 5.96. The topological polar surface area (TPSA) is 17.1 Å². The molecule has 0 heterocycles. The van der Waals surface area contributed by atoms with Gasteiger partial charge in [0.05, 0.1) is 0 Å². The molecule has 0 spiro atoms. The number of benzene rings is 1. The summed E-state index contributed by atoms with van der Waals surface area (Å²) < 4.78 is 114. The maximum atomic E-state index is 13.4. The molecule has 0 aliphatic heterocycles. The number of rotatable bonds is 4. The van der Waals surface area contributed by atoms with E-state index in [4.69, 9.17) is 11.6 Å². The highest BCUT2D eigenvalue weighted by Gasteiger charge is 2.83. The van der Waals surface area contributed by atoms with Crippen LogP contribution in [0, 0.1) is 6.92 Å². The Labute approximate surface area is 128 Å². The monoisotopic (exact) mass is 372 g/mol. The highest BCUT2D eigenvalue weighted by atomic mass is 35.5. The molecular weight excluding hydrogens is 367 g/mol. The molecule has 0 fully saturated rings. The van der Waals surface area contributed by atoms with Crippen molar-refractivity contribution in [1.29, 1.82) is 0 Å². The van der Waals surface area contributed by atoms with Gasteiger partial charge in [-0.15, -0.1) is 0 Å². The highest BCUT2D eigenvalue weighted by Crippen LogP contribution is 2.53. The number of carbonyl (C=O) groups excluding carboxylic acids is 1. The van der Waals surface area contributed by atoms with Gasteiger partial charge < -0.3 is 0 Å². The summed E-state index contributed by atoms with van der Waals surface area (Å²) in [5, 5.41) is -0.336. The molecule has 0 N–H and O–H groups in total. The average molecular weight is 373 g/mol. The molecule has 0 aromatic heterocycles. The minimum atomic E-state index is -7.12. The van der Waals surface area contributed by atoms with Gasteiger partial charge in [0.2, 0.25) is 5.78 Å². The maximum Gasteiger partial charge on any atom is 0.460 e. The van der Waals surface area contributed by atoms with Crippen LogP contribution in [0.4, 0.5) is 39.5 Å². The Morgan fingerprint density at radius 2 is 1.39 bits per heavy atom. The van der Waals surface area contributed by atoms with Crippen molar-refractivity contribution in [3.05, 3.63) is 34.3 Å². The van der Waals surface area contributed by atoms with Gasteiger partial charge in [-0.05, 0) is 18.6 Å². The lowest BCUT2D eigenvalue weighted by molar-refractivity contribution is -0.386. The van der Waals surface area contributed by atoms with Crippen molar-refractivity contribution in [1.82, 2.24) is 0 Å². The van der Waals surface area contributed by atoms with E-state index in [9.17, 15) is 44.3 Å². The Morgan fingerprint density at radius 3 is 1.78 bits per heavy atom. The van der Waals surface area contributed by atoms with Crippen LogP contribution in [0.1, 0.15) is 15.9 Å². The Kier molecular flexibility index (Phi) is 4.75. The third-order valence-electron chi connectivity index (χ3n) is 2.86. The summed E-state index contributed by atoms with van der Waals surface area (Å²) in [6.07, 6.45) is -6.98. The Bertz CT molecular complexity index is 621. The Hall–Kier alpha value is -1.45. The van der Waals surface area contributed by atoms with Gasteiger partial charge in [-0.25, -0.2) is 0 Å². The van der Waals surface area contributed by atoms with Gasteiger partial charge in [-0.2, -0.15) is 39.5 Å². The summed E-state index contributed by atoms with van der Waals surface area (Å²) in [4.78, 5) is 11.4. The molecule has 0 aliphatic carbocycles. The smallest absolute Gasteiger partial charge is 0.287 e. The van der Waals surface area contributed by atoms with E-state index in [0.717, 1.165) is 6.07 Å². The van der Waals surface area contributed by atoms with Crippen molar-refractivity contribution >= 4 is 17.4 Å². The minimum Gasteiger partial charge on any atom is -0.287 e. The van der Waals surface area contributed by atoms with Crippen molar-refractivity contribution in [2.24, 2.45) is 0 Å². The Morgan fingerprint density at radius 1 is 0.913 bits per heavy atom. The number of alkyl halides is 9. The lowest BCUT2D eigenvalue weighted by Gasteiger charge is -2.32. The summed E-state index contributed by atoms with van der Waals surface area (Å²) in [7, 11) is 0. The third-order valence-corrected chi connectivity index (χ3v) is 3.27. The number of hydrogen-bond donors (Lipinski definition) is 0. The largest absolute Gasteiger partial charge is 0.460 e. The van der Waals surface area contributed by atoms with E-state index in [1.807, 2.05) is 0 Å². The number of aryl methyl sites for hydroxylation is 1. The molecule has 0 unspecified atom stereocenters. The molecule has 0 saturated heterocycles. The normalized spacial score (nSPS) is 14.0. The van der Waals surface area contributed by atoms with Crippen LogP contribution in [0.2, 0.25) is 5.02 Å². The first-order valence-electron chi connectivity index (χ1n) is 5.58. The summed E-state index contributed by atoms with van der Waals surface area (Å²) in [5.74, 6) is -23.3. The highest BCUT2D eigenvalue weighted by molar-refractivity contribution is 6.31. The van der Waals surface area contributed by atoms with E-state index in [-0.39, 0.29) is 10.6 Å². The first kappa shape index (κ1) is 19.6. The zero-order valence-corrected chi connectivity index (χ0v) is 11.7. The Balaban J connectivity index is 3.38. The fourth-order valence-corrected chi connectivity index (χ4v) is 1.61. The van der Waals surface area contributed by atoms with Crippen LogP contribution in [-0.2, 0) is 0 Å². The molecular formula is C12H6ClF9O. The zero-order chi connectivity index (χ0) is 18.4. The van der Waals surface area contributed by atoms with Gasteiger partial charge in [0, 0.05) is 10.6 Å². The summed E-state index contributed by atoms with van der Waals surface area (Å²) in [5.41, 5.74) is -0.998. The van der Waals surface area contributed by atoms with Crippen molar-refractivity contribution in [3.8, 4) is 0 Å². The lowest BCUT2D eigenvalue weighted by atomic mass is 9.95. The summed E-state index contributed by atoms with van der Waals surface area (Å²) in [6.45, 7) is 1.35. The summed E-state index contributed by atoms with van der Waals surface area (Å²) >= 11 is 5.47. The van der Waals surface area contributed by atoms with Crippen LogP contribution in [0.3, 0.4) is 0 Å². The standard InChI is InChI=1S/C12H6ClF9O/c1-5-2-3-6(4-7(5)13)8(23)9(14,15)10(16,17)11(18,19)12(20,21)22/h2-4H,1H3. The second-order valence-corrected chi connectivity index (χ2v) is 4.92. The predicted octanol–water partition coefficient (Wildman–Crippen LogP) is 5.30. The van der Waals surface area contributed by atoms with E-state index >= 15 is 0 Å². The van der Waals surface area contributed by atoms with Crippen LogP contribution in [-0.4, -0.2) is 29.7 Å². The van der Waals surface area contributed by atoms with E-state index in [2.05, 4.69) is 0 Å². The van der Waals surface area contributed by atoms with E-state index in [1.54, 1.807) is 0 Å². The number of hydrogen-bond acceptors (Lipinski definition) is 1. The van der Waals surface area contributed by atoms with Crippen LogP contribution in [0.5, 0.6) is 0 Å². The van der Waals surface area contributed by atoms with Gasteiger partial charge in [0.1, 0.15) is 0 Å². The number of Topliss-reactive ketones (excluding diaryl/α,β-unsaturated/α-hetero) is 1. The van der Waals surface area contributed by atoms with Crippen LogP contribution in [0.15, 0.2) is 18.2 Å². The zero-order valence-electron chi connectivity index (χ0n) is 10.9. The lowest BCUT2D eigenvalue weighted by Crippen LogP contribution is -2.63. The second-order valence-electron chi connectivity index (χ2n) is 4.51. The molecule has 0 aliphatic rings. The molecule has 1 aromatic carbocycles. The molecule has 1 aromatic rings. The van der Waals surface area contributed by atoms with Gasteiger partial charge in [-0.3, -0.25) is 4.79 Å². The molecule has 0 atom stereocenters. The van der Waals surface area contributed by atoms with Crippen molar-refractivity contribution < 1.29 is 44.3 Å². The number of halogens is 10. The SMILES string of the molecule is Cc1ccc(C(=O)C(F)(F)C(F)(F)C(F)(F)C(F)(F)F)cc1Cl. The number of carbonyl (C=O) groups is 1. The molecule has 1 rings (SSSR count). The predicted molar refractivity (Wildman–Crippen MR) is 61.4 cm³/mol. The maximum absolute atomic E-state index is 13.4. The van der Waals surface area contributed by atoms with Crippen LogP contribution in [0.25, 0.3) is 0 Å². The van der Waals surface area contributed by atoms with Gasteiger partial charge in [0.25, 0.3) is 0 Å². The first-order chi connectivity index (χ1) is 10.1. The third kappa shape index (κ3) is 3.00.